The second kappa shape index (κ2) is 11.4. The van der Waals surface area contributed by atoms with Crippen molar-refractivity contribution in [2.45, 2.75) is 13.3 Å². The van der Waals surface area contributed by atoms with Crippen molar-refractivity contribution in [2.75, 3.05) is 6.54 Å². The van der Waals surface area contributed by atoms with Gasteiger partial charge in [-0.15, -0.1) is 11.3 Å². The van der Waals surface area contributed by atoms with E-state index in [0.29, 0.717) is 11.3 Å². The molecular weight excluding hydrogens is 575 g/mol. The van der Waals surface area contributed by atoms with E-state index in [1.54, 1.807) is 17.5 Å². The molecule has 40 heavy (non-hydrogen) atoms. The molecule has 0 bridgehead atoms. The fourth-order valence-corrected chi connectivity index (χ4v) is 5.77. The monoisotopic (exact) mass is 596 g/mol. The Kier molecular flexibility index (Phi) is 7.89. The SMILES string of the molecule is C[C@@H]1C=CC[C@@H]2C(=O)N(N(CC(=O)c3ccc(OC(=O)c4cccs4)cc3)C(=O)c3ccc(Cl)c(Cl)c3)C(=O)[C@@H]12. The van der Waals surface area contributed by atoms with Gasteiger partial charge in [0, 0.05) is 11.1 Å². The zero-order valence-corrected chi connectivity index (χ0v) is 23.4. The van der Waals surface area contributed by atoms with Gasteiger partial charge in [0.1, 0.15) is 17.2 Å². The Morgan fingerprint density at radius 1 is 1.00 bits per heavy atom. The van der Waals surface area contributed by atoms with Gasteiger partial charge in [0.15, 0.2) is 5.78 Å². The number of thiophene rings is 1. The van der Waals surface area contributed by atoms with Gasteiger partial charge >= 0.3 is 5.97 Å². The van der Waals surface area contributed by atoms with Gasteiger partial charge in [-0.05, 0) is 66.2 Å². The van der Waals surface area contributed by atoms with Crippen molar-refractivity contribution >= 4 is 64.0 Å². The minimum absolute atomic E-state index is 0.0553. The first kappa shape index (κ1) is 27.8. The zero-order chi connectivity index (χ0) is 28.6. The number of carbonyl (C=O) groups excluding carboxylic acids is 5. The number of hydrogen-bond donors (Lipinski definition) is 0. The van der Waals surface area contributed by atoms with Crippen molar-refractivity contribution in [3.05, 3.63) is 98.2 Å². The number of nitrogens with zero attached hydrogens (tertiary/aromatic N) is 2. The molecule has 1 saturated heterocycles. The summed E-state index contributed by atoms with van der Waals surface area (Å²) in [6, 6.07) is 13.3. The number of halogens is 2. The van der Waals surface area contributed by atoms with Gasteiger partial charge in [-0.3, -0.25) is 19.2 Å². The summed E-state index contributed by atoms with van der Waals surface area (Å²) in [7, 11) is 0. The normalized spacial score (nSPS) is 19.9. The lowest BCUT2D eigenvalue weighted by molar-refractivity contribution is -0.154. The first-order valence-corrected chi connectivity index (χ1v) is 14.0. The van der Waals surface area contributed by atoms with Crippen molar-refractivity contribution < 1.29 is 28.7 Å². The molecule has 0 N–H and O–H groups in total. The third kappa shape index (κ3) is 5.32. The number of ketones is 1. The van der Waals surface area contributed by atoms with E-state index >= 15 is 0 Å². The molecule has 1 fully saturated rings. The van der Waals surface area contributed by atoms with Gasteiger partial charge in [0.25, 0.3) is 17.7 Å². The molecule has 3 atom stereocenters. The molecule has 3 amide bonds. The predicted molar refractivity (Wildman–Crippen MR) is 149 cm³/mol. The summed E-state index contributed by atoms with van der Waals surface area (Å²) in [6.07, 6.45) is 4.09. The second-order valence-electron chi connectivity index (χ2n) is 9.45. The molecule has 0 radical (unpaired) electrons. The van der Waals surface area contributed by atoms with Crippen LogP contribution in [0.2, 0.25) is 10.0 Å². The largest absolute Gasteiger partial charge is 0.422 e. The topological polar surface area (TPSA) is 101 Å². The van der Waals surface area contributed by atoms with Crippen LogP contribution in [-0.4, -0.2) is 46.0 Å². The maximum Gasteiger partial charge on any atom is 0.353 e. The van der Waals surface area contributed by atoms with Gasteiger partial charge < -0.3 is 4.74 Å². The Morgan fingerprint density at radius 3 is 2.38 bits per heavy atom. The standard InChI is InChI=1S/C29H22Cl2N2O6S/c1-16-4-2-5-20-25(16)28(37)33(27(20)36)32(26(35)18-9-12-21(30)22(31)14-18)15-23(34)17-7-10-19(11-8-17)39-29(38)24-6-3-13-40-24/h2-4,6-14,16,20,25H,5,15H2,1H3/t16-,20+,25+/m1/s1. The number of imide groups is 1. The van der Waals surface area contributed by atoms with Crippen LogP contribution < -0.4 is 4.74 Å². The molecule has 1 aliphatic carbocycles. The molecule has 2 aliphatic rings. The number of Topliss-reactive ketones (excluding diaryl/α,β-unsaturated/α-hetero) is 1. The van der Waals surface area contributed by atoms with Crippen molar-refractivity contribution in [3.8, 4) is 5.75 Å². The molecule has 2 aromatic carbocycles. The average molecular weight is 597 g/mol. The van der Waals surface area contributed by atoms with E-state index in [1.807, 2.05) is 19.1 Å². The van der Waals surface area contributed by atoms with Crippen LogP contribution in [-0.2, 0) is 9.59 Å². The van der Waals surface area contributed by atoms with Crippen molar-refractivity contribution in [1.82, 2.24) is 10.0 Å². The molecule has 0 spiro atoms. The summed E-state index contributed by atoms with van der Waals surface area (Å²) in [5.74, 6) is -4.12. The van der Waals surface area contributed by atoms with Gasteiger partial charge in [-0.25, -0.2) is 9.80 Å². The summed E-state index contributed by atoms with van der Waals surface area (Å²) in [5, 5.41) is 3.77. The van der Waals surface area contributed by atoms with Gasteiger partial charge in [-0.1, -0.05) is 48.3 Å². The Labute approximate surface area is 243 Å². The number of allylic oxidation sites excluding steroid dienone is 2. The Bertz CT molecular complexity index is 1540. The molecule has 0 unspecified atom stereocenters. The van der Waals surface area contributed by atoms with Gasteiger partial charge in [0.2, 0.25) is 0 Å². The molecule has 5 rings (SSSR count). The highest BCUT2D eigenvalue weighted by Crippen LogP contribution is 2.39. The van der Waals surface area contributed by atoms with Crippen LogP contribution in [0.3, 0.4) is 0 Å². The maximum absolute atomic E-state index is 13.7. The Hall–Kier alpha value is -3.79. The van der Waals surface area contributed by atoms with E-state index in [4.69, 9.17) is 27.9 Å². The molecule has 3 aromatic rings. The molecule has 1 aliphatic heterocycles. The third-order valence-electron chi connectivity index (χ3n) is 6.89. The third-order valence-corrected chi connectivity index (χ3v) is 8.48. The number of ether oxygens (including phenoxy) is 1. The molecular formula is C29H22Cl2N2O6S. The molecule has 8 nitrogen and oxygen atoms in total. The van der Waals surface area contributed by atoms with Crippen LogP contribution >= 0.6 is 34.5 Å². The van der Waals surface area contributed by atoms with Crippen molar-refractivity contribution in [2.24, 2.45) is 17.8 Å². The predicted octanol–water partition coefficient (Wildman–Crippen LogP) is 5.71. The van der Waals surface area contributed by atoms with E-state index in [0.717, 1.165) is 10.0 Å². The van der Waals surface area contributed by atoms with Gasteiger partial charge in [-0.2, -0.15) is 5.01 Å². The quantitative estimate of drug-likeness (QED) is 0.114. The smallest absolute Gasteiger partial charge is 0.353 e. The van der Waals surface area contributed by atoms with Crippen LogP contribution in [0, 0.1) is 17.8 Å². The molecule has 1 aromatic heterocycles. The first-order chi connectivity index (χ1) is 19.2. The van der Waals surface area contributed by atoms with E-state index in [1.165, 1.54) is 53.8 Å². The summed E-state index contributed by atoms with van der Waals surface area (Å²) in [4.78, 5) is 66.6. The molecule has 11 heteroatoms. The van der Waals surface area contributed by atoms with Crippen molar-refractivity contribution in [3.63, 3.8) is 0 Å². The molecule has 0 saturated carbocycles. The van der Waals surface area contributed by atoms with E-state index in [-0.39, 0.29) is 32.8 Å². The average Bonchev–Trinajstić information content (AvgIpc) is 3.57. The molecule has 204 valence electrons. The minimum atomic E-state index is -0.755. The van der Waals surface area contributed by atoms with Crippen LogP contribution in [0.15, 0.2) is 72.1 Å². The van der Waals surface area contributed by atoms with Crippen LogP contribution in [0.5, 0.6) is 5.75 Å². The van der Waals surface area contributed by atoms with E-state index in [9.17, 15) is 24.0 Å². The minimum Gasteiger partial charge on any atom is -0.422 e. The van der Waals surface area contributed by atoms with E-state index < -0.39 is 47.9 Å². The van der Waals surface area contributed by atoms with Crippen LogP contribution in [0.4, 0.5) is 0 Å². The second-order valence-corrected chi connectivity index (χ2v) is 11.2. The number of rotatable bonds is 7. The fraction of sp³-hybridized carbons (Fsp3) is 0.207. The number of benzene rings is 2. The highest BCUT2D eigenvalue weighted by atomic mass is 35.5. The van der Waals surface area contributed by atoms with E-state index in [2.05, 4.69) is 0 Å². The molecule has 2 heterocycles. The number of amides is 3. The van der Waals surface area contributed by atoms with Gasteiger partial charge in [0.05, 0.1) is 21.9 Å². The Balaban J connectivity index is 1.41. The lowest BCUT2D eigenvalue weighted by Gasteiger charge is -2.30. The van der Waals surface area contributed by atoms with Crippen molar-refractivity contribution in [1.29, 1.82) is 0 Å². The summed E-state index contributed by atoms with van der Waals surface area (Å²) < 4.78 is 5.33. The number of hydrazine groups is 1. The lowest BCUT2D eigenvalue weighted by Crippen LogP contribution is -2.52. The maximum atomic E-state index is 13.7. The number of esters is 1. The Morgan fingerprint density at radius 2 is 1.73 bits per heavy atom. The number of fused-ring (bicyclic) bond motifs is 1. The van der Waals surface area contributed by atoms with Crippen LogP contribution in [0.25, 0.3) is 0 Å². The fourth-order valence-electron chi connectivity index (χ4n) is 4.87. The number of carbonyl (C=O) groups is 5. The highest BCUT2D eigenvalue weighted by molar-refractivity contribution is 7.12. The summed E-state index contributed by atoms with van der Waals surface area (Å²) in [5.41, 5.74) is 0.245. The summed E-state index contributed by atoms with van der Waals surface area (Å²) in [6.45, 7) is 1.25. The zero-order valence-electron chi connectivity index (χ0n) is 21.1. The summed E-state index contributed by atoms with van der Waals surface area (Å²) >= 11 is 13.4. The number of hydrogen-bond acceptors (Lipinski definition) is 7. The highest BCUT2D eigenvalue weighted by Gasteiger charge is 2.53. The van der Waals surface area contributed by atoms with Crippen LogP contribution in [0.1, 0.15) is 43.7 Å². The lowest BCUT2D eigenvalue weighted by atomic mass is 9.78. The first-order valence-electron chi connectivity index (χ1n) is 12.4.